The van der Waals surface area contributed by atoms with Crippen LogP contribution >= 0.6 is 0 Å². The molecule has 0 saturated carbocycles. The summed E-state index contributed by atoms with van der Waals surface area (Å²) in [5, 5.41) is 3.11. The number of nitrogens with one attached hydrogen (secondary N) is 1. The van der Waals surface area contributed by atoms with Crippen LogP contribution in [0.4, 0.5) is 5.82 Å². The first-order chi connectivity index (χ1) is 8.24. The summed E-state index contributed by atoms with van der Waals surface area (Å²) in [7, 11) is 3.58. The quantitative estimate of drug-likeness (QED) is 0.852. The second-order valence-electron chi connectivity index (χ2n) is 4.22. The second kappa shape index (κ2) is 5.42. The molecule has 1 unspecified atom stereocenters. The Balaban J connectivity index is 2.29. The van der Waals surface area contributed by atoms with Crippen LogP contribution in [0.1, 0.15) is 24.0 Å². The second-order valence-corrected chi connectivity index (χ2v) is 4.22. The Morgan fingerprint density at radius 2 is 2.29 bits per heavy atom. The lowest BCUT2D eigenvalue weighted by atomic mass is 10.1. The van der Waals surface area contributed by atoms with Crippen molar-refractivity contribution in [1.82, 2.24) is 9.97 Å². The molecular weight excluding hydrogens is 218 g/mol. The van der Waals surface area contributed by atoms with E-state index in [1.165, 1.54) is 0 Å². The molecule has 5 heteroatoms. The predicted octanol–water partition coefficient (Wildman–Crippen LogP) is 1.17. The summed E-state index contributed by atoms with van der Waals surface area (Å²) in [6.07, 6.45) is 1.73. The Kier molecular flexibility index (Phi) is 3.91. The minimum atomic E-state index is 0.137. The molecule has 1 aromatic heterocycles. The smallest absolute Gasteiger partial charge is 0.135 e. The molecule has 0 amide bonds. The molecule has 1 aliphatic heterocycles. The van der Waals surface area contributed by atoms with Crippen molar-refractivity contribution >= 4 is 5.82 Å². The van der Waals surface area contributed by atoms with E-state index in [4.69, 9.17) is 9.47 Å². The van der Waals surface area contributed by atoms with Gasteiger partial charge in [0.05, 0.1) is 25.0 Å². The number of aromatic nitrogens is 2. The zero-order valence-electron chi connectivity index (χ0n) is 10.6. The zero-order chi connectivity index (χ0) is 12.3. The molecule has 0 aromatic carbocycles. The molecule has 0 spiro atoms. The first-order valence-corrected chi connectivity index (χ1v) is 5.91. The molecule has 1 aromatic rings. The fourth-order valence-electron chi connectivity index (χ4n) is 1.92. The maximum atomic E-state index is 5.44. The normalized spacial score (nSPS) is 16.4. The van der Waals surface area contributed by atoms with Crippen molar-refractivity contribution in [3.63, 3.8) is 0 Å². The van der Waals surface area contributed by atoms with Gasteiger partial charge in [0.1, 0.15) is 11.6 Å². The van der Waals surface area contributed by atoms with Crippen molar-refractivity contribution in [1.29, 1.82) is 0 Å². The maximum Gasteiger partial charge on any atom is 0.135 e. The van der Waals surface area contributed by atoms with E-state index < -0.39 is 0 Å². The van der Waals surface area contributed by atoms with E-state index in [1.54, 1.807) is 7.11 Å². The van der Waals surface area contributed by atoms with Gasteiger partial charge in [-0.15, -0.1) is 0 Å². The fraction of sp³-hybridized carbons (Fsp3) is 0.667. The largest absolute Gasteiger partial charge is 0.381 e. The van der Waals surface area contributed by atoms with E-state index in [9.17, 15) is 0 Å². The van der Waals surface area contributed by atoms with Crippen molar-refractivity contribution in [3.8, 4) is 0 Å². The van der Waals surface area contributed by atoms with E-state index in [0.29, 0.717) is 6.61 Å². The van der Waals surface area contributed by atoms with Gasteiger partial charge >= 0.3 is 0 Å². The summed E-state index contributed by atoms with van der Waals surface area (Å²) < 4.78 is 10.7. The van der Waals surface area contributed by atoms with Crippen molar-refractivity contribution in [3.05, 3.63) is 17.1 Å². The predicted molar refractivity (Wildman–Crippen MR) is 65.1 cm³/mol. The minimum Gasteiger partial charge on any atom is -0.381 e. The summed E-state index contributed by atoms with van der Waals surface area (Å²) >= 11 is 0. The van der Waals surface area contributed by atoms with Gasteiger partial charge < -0.3 is 14.8 Å². The Bertz CT molecular complexity index is 378. The van der Waals surface area contributed by atoms with Crippen LogP contribution in [0.25, 0.3) is 0 Å². The fourth-order valence-corrected chi connectivity index (χ4v) is 1.92. The lowest BCUT2D eigenvalue weighted by molar-refractivity contribution is 0.108. The van der Waals surface area contributed by atoms with Crippen molar-refractivity contribution in [2.75, 3.05) is 26.1 Å². The van der Waals surface area contributed by atoms with Gasteiger partial charge in [-0.05, 0) is 6.92 Å². The van der Waals surface area contributed by atoms with Crippen molar-refractivity contribution in [2.45, 2.75) is 32.5 Å². The molecule has 2 heterocycles. The van der Waals surface area contributed by atoms with Crippen LogP contribution in [0.15, 0.2) is 0 Å². The highest BCUT2D eigenvalue weighted by Gasteiger charge is 2.18. The molecule has 94 valence electrons. The van der Waals surface area contributed by atoms with Crippen LogP contribution in [0.5, 0.6) is 0 Å². The molecule has 1 aliphatic rings. The van der Waals surface area contributed by atoms with Gasteiger partial charge in [0.25, 0.3) is 0 Å². The van der Waals surface area contributed by atoms with E-state index in [0.717, 1.165) is 42.3 Å². The molecular formula is C12H19N3O2. The number of hydrogen-bond acceptors (Lipinski definition) is 5. The third-order valence-electron chi connectivity index (χ3n) is 2.98. The first kappa shape index (κ1) is 12.3. The third kappa shape index (κ3) is 2.73. The van der Waals surface area contributed by atoms with Crippen LogP contribution in [0.3, 0.4) is 0 Å². The van der Waals surface area contributed by atoms with E-state index in [1.807, 2.05) is 14.0 Å². The van der Waals surface area contributed by atoms with Crippen LogP contribution in [0, 0.1) is 0 Å². The number of hydrogen-bond donors (Lipinski definition) is 1. The van der Waals surface area contributed by atoms with Crippen LogP contribution in [-0.4, -0.2) is 36.8 Å². The average Bonchev–Trinajstić information content (AvgIpc) is 2.37. The molecule has 0 fully saturated rings. The highest BCUT2D eigenvalue weighted by molar-refractivity contribution is 5.46. The van der Waals surface area contributed by atoms with Gasteiger partial charge in [-0.2, -0.15) is 0 Å². The van der Waals surface area contributed by atoms with E-state index in [2.05, 4.69) is 15.3 Å². The van der Waals surface area contributed by atoms with Gasteiger partial charge in [0.15, 0.2) is 0 Å². The third-order valence-corrected chi connectivity index (χ3v) is 2.98. The van der Waals surface area contributed by atoms with Crippen molar-refractivity contribution < 1.29 is 9.47 Å². The topological polar surface area (TPSA) is 56.3 Å². The Morgan fingerprint density at radius 1 is 1.47 bits per heavy atom. The van der Waals surface area contributed by atoms with Crippen LogP contribution in [0.2, 0.25) is 0 Å². The molecule has 0 aliphatic carbocycles. The highest BCUT2D eigenvalue weighted by atomic mass is 16.5. The Labute approximate surface area is 102 Å². The van der Waals surface area contributed by atoms with Crippen molar-refractivity contribution in [2.24, 2.45) is 0 Å². The molecule has 1 N–H and O–H groups in total. The summed E-state index contributed by atoms with van der Waals surface area (Å²) in [6, 6.07) is 0. The number of rotatable bonds is 4. The number of ether oxygens (including phenoxy) is 2. The van der Waals surface area contributed by atoms with Crippen LogP contribution in [-0.2, 0) is 28.9 Å². The SMILES string of the molecule is CNc1nc(CC(C)OC)nc2c1COCC2. The Hall–Kier alpha value is -1.20. The van der Waals surface area contributed by atoms with Gasteiger partial charge in [-0.3, -0.25) is 0 Å². The van der Waals surface area contributed by atoms with E-state index >= 15 is 0 Å². The molecule has 1 atom stereocenters. The monoisotopic (exact) mass is 237 g/mol. The number of fused-ring (bicyclic) bond motifs is 1. The van der Waals surface area contributed by atoms with Gasteiger partial charge in [-0.25, -0.2) is 9.97 Å². The molecule has 5 nitrogen and oxygen atoms in total. The molecule has 2 rings (SSSR count). The highest BCUT2D eigenvalue weighted by Crippen LogP contribution is 2.22. The number of methoxy groups -OCH3 is 1. The molecule has 0 bridgehead atoms. The van der Waals surface area contributed by atoms with Gasteiger partial charge in [0, 0.05) is 32.6 Å². The zero-order valence-corrected chi connectivity index (χ0v) is 10.6. The molecule has 0 saturated heterocycles. The molecule has 0 radical (unpaired) electrons. The number of nitrogens with zero attached hydrogens (tertiary/aromatic N) is 2. The van der Waals surface area contributed by atoms with Gasteiger partial charge in [0.2, 0.25) is 0 Å². The first-order valence-electron chi connectivity index (χ1n) is 5.91. The van der Waals surface area contributed by atoms with E-state index in [-0.39, 0.29) is 6.10 Å². The summed E-state index contributed by atoms with van der Waals surface area (Å²) in [5.41, 5.74) is 2.20. The summed E-state index contributed by atoms with van der Waals surface area (Å²) in [5.74, 6) is 1.72. The molecule has 17 heavy (non-hydrogen) atoms. The number of anilines is 1. The van der Waals surface area contributed by atoms with Gasteiger partial charge in [-0.1, -0.05) is 0 Å². The standard InChI is InChI=1S/C12H19N3O2/c1-8(16-3)6-11-14-10-4-5-17-7-9(10)12(13-2)15-11/h8H,4-7H2,1-3H3,(H,13,14,15). The lowest BCUT2D eigenvalue weighted by Crippen LogP contribution is -2.19. The Morgan fingerprint density at radius 3 is 3.00 bits per heavy atom. The lowest BCUT2D eigenvalue weighted by Gasteiger charge is -2.19. The average molecular weight is 237 g/mol. The minimum absolute atomic E-state index is 0.137. The summed E-state index contributed by atoms with van der Waals surface area (Å²) in [6.45, 7) is 3.36. The van der Waals surface area contributed by atoms with Crippen LogP contribution < -0.4 is 5.32 Å². The maximum absolute atomic E-state index is 5.44. The summed E-state index contributed by atoms with van der Waals surface area (Å²) in [4.78, 5) is 9.11.